The number of ether oxygens (including phenoxy) is 1. The second-order valence-corrected chi connectivity index (χ2v) is 10.6. The highest BCUT2D eigenvalue weighted by Gasteiger charge is 2.31. The third kappa shape index (κ3) is 4.22. The van der Waals surface area contributed by atoms with Crippen LogP contribution in [0.3, 0.4) is 0 Å². The van der Waals surface area contributed by atoms with Gasteiger partial charge < -0.3 is 10.1 Å². The van der Waals surface area contributed by atoms with E-state index in [1.165, 1.54) is 20.5 Å². The minimum Gasteiger partial charge on any atom is -0.482 e. The molecule has 2 aromatic carbocycles. The van der Waals surface area contributed by atoms with Crippen molar-refractivity contribution in [3.8, 4) is 5.75 Å². The molecular weight excluding hydrogens is 464 g/mol. The molecule has 1 aromatic heterocycles. The van der Waals surface area contributed by atoms with E-state index in [1.54, 1.807) is 54.6 Å². The predicted octanol–water partition coefficient (Wildman–Crippen LogP) is 2.25. The molecule has 9 nitrogen and oxygen atoms in total. The zero-order valence-corrected chi connectivity index (χ0v) is 19.1. The van der Waals surface area contributed by atoms with Gasteiger partial charge in [0.05, 0.1) is 22.8 Å². The highest BCUT2D eigenvalue weighted by Crippen LogP contribution is 2.33. The maximum atomic E-state index is 12.9. The number of rotatable bonds is 5. The maximum absolute atomic E-state index is 12.9. The first-order valence-electron chi connectivity index (χ1n) is 10.3. The molecule has 3 heterocycles. The van der Waals surface area contributed by atoms with E-state index < -0.39 is 10.0 Å². The van der Waals surface area contributed by atoms with Crippen LogP contribution in [0, 0.1) is 0 Å². The third-order valence-corrected chi connectivity index (χ3v) is 8.29. The molecule has 2 aliphatic heterocycles. The van der Waals surface area contributed by atoms with Crippen molar-refractivity contribution in [1.29, 1.82) is 0 Å². The van der Waals surface area contributed by atoms with Gasteiger partial charge in [-0.15, -0.1) is 11.3 Å². The van der Waals surface area contributed by atoms with E-state index in [1.807, 2.05) is 0 Å². The largest absolute Gasteiger partial charge is 0.482 e. The van der Waals surface area contributed by atoms with E-state index in [2.05, 4.69) is 10.3 Å². The Bertz CT molecular complexity index is 1320. The molecule has 0 unspecified atom stereocenters. The molecule has 2 aliphatic rings. The van der Waals surface area contributed by atoms with Crippen LogP contribution < -0.4 is 15.0 Å². The van der Waals surface area contributed by atoms with Gasteiger partial charge in [0.2, 0.25) is 15.9 Å². The van der Waals surface area contributed by atoms with Crippen LogP contribution in [-0.2, 0) is 32.6 Å². The Morgan fingerprint density at radius 1 is 1.12 bits per heavy atom. The average Bonchev–Trinajstić information content (AvgIpc) is 3.23. The first-order chi connectivity index (χ1) is 15.9. The highest BCUT2D eigenvalue weighted by atomic mass is 32.2. The van der Waals surface area contributed by atoms with Crippen molar-refractivity contribution in [3.63, 3.8) is 0 Å². The second-order valence-electron chi connectivity index (χ2n) is 7.57. The van der Waals surface area contributed by atoms with Gasteiger partial charge in [0.15, 0.2) is 11.7 Å². The average molecular weight is 485 g/mol. The number of nitrogens with zero attached hydrogens (tertiary/aromatic N) is 3. The molecule has 2 amide bonds. The minimum atomic E-state index is -3.60. The van der Waals surface area contributed by atoms with Crippen molar-refractivity contribution in [1.82, 2.24) is 9.29 Å². The SMILES string of the molecule is O=C(CN1C(=O)COc2ccccc21)Nc1nc2c(s1)CN(S(=O)(=O)c1ccccc1)CC2. The smallest absolute Gasteiger partial charge is 0.265 e. The molecule has 0 aliphatic carbocycles. The first kappa shape index (κ1) is 21.6. The van der Waals surface area contributed by atoms with Crippen LogP contribution in [0.5, 0.6) is 5.75 Å². The summed E-state index contributed by atoms with van der Waals surface area (Å²) in [6.07, 6.45) is 0.461. The summed E-state index contributed by atoms with van der Waals surface area (Å²) in [6, 6.07) is 15.4. The normalized spacial score (nSPS) is 16.0. The molecule has 33 heavy (non-hydrogen) atoms. The number of nitrogens with one attached hydrogen (secondary N) is 1. The van der Waals surface area contributed by atoms with Crippen LogP contribution in [0.1, 0.15) is 10.6 Å². The van der Waals surface area contributed by atoms with Gasteiger partial charge in [-0.3, -0.25) is 14.5 Å². The van der Waals surface area contributed by atoms with Crippen molar-refractivity contribution in [2.24, 2.45) is 0 Å². The molecule has 3 aromatic rings. The number of benzene rings is 2. The molecule has 0 bridgehead atoms. The first-order valence-corrected chi connectivity index (χ1v) is 12.5. The van der Waals surface area contributed by atoms with Crippen molar-refractivity contribution < 1.29 is 22.7 Å². The molecule has 5 rings (SSSR count). The number of aromatic nitrogens is 1. The van der Waals surface area contributed by atoms with Crippen LogP contribution in [0.25, 0.3) is 0 Å². The number of thiazole rings is 1. The molecular formula is C22H20N4O5S2. The van der Waals surface area contributed by atoms with Crippen LogP contribution in [0.4, 0.5) is 10.8 Å². The fraction of sp³-hybridized carbons (Fsp3) is 0.227. The summed E-state index contributed by atoms with van der Waals surface area (Å²) >= 11 is 1.25. The minimum absolute atomic E-state index is 0.123. The summed E-state index contributed by atoms with van der Waals surface area (Å²) in [7, 11) is -3.60. The summed E-state index contributed by atoms with van der Waals surface area (Å²) in [5.74, 6) is -0.140. The molecule has 0 saturated carbocycles. The fourth-order valence-electron chi connectivity index (χ4n) is 3.80. The van der Waals surface area contributed by atoms with Crippen molar-refractivity contribution >= 4 is 44.0 Å². The zero-order chi connectivity index (χ0) is 23.0. The van der Waals surface area contributed by atoms with Gasteiger partial charge in [-0.05, 0) is 24.3 Å². The lowest BCUT2D eigenvalue weighted by Gasteiger charge is -2.28. The number of fused-ring (bicyclic) bond motifs is 2. The number of para-hydroxylation sites is 2. The Labute approximate surface area is 194 Å². The van der Waals surface area contributed by atoms with Gasteiger partial charge >= 0.3 is 0 Å². The van der Waals surface area contributed by atoms with E-state index in [-0.39, 0.29) is 36.4 Å². The molecule has 0 radical (unpaired) electrons. The van der Waals surface area contributed by atoms with Crippen LogP contribution in [-0.4, -0.2) is 49.2 Å². The van der Waals surface area contributed by atoms with Gasteiger partial charge in [-0.1, -0.05) is 30.3 Å². The number of hydrogen-bond acceptors (Lipinski definition) is 7. The van der Waals surface area contributed by atoms with Gasteiger partial charge in [0, 0.05) is 17.8 Å². The monoisotopic (exact) mass is 484 g/mol. The number of carbonyl (C=O) groups excluding carboxylic acids is 2. The molecule has 0 saturated heterocycles. The van der Waals surface area contributed by atoms with Crippen molar-refractivity contribution in [3.05, 3.63) is 65.2 Å². The number of amides is 2. The standard InChI is InChI=1S/C22H20N4O5S2/c27-20(13-26-17-8-4-5-9-18(17)31-14-21(26)28)24-22-23-16-10-11-25(12-19(16)32-22)33(29,30)15-6-2-1-3-7-15/h1-9H,10-14H2,(H,23,24,27). The van der Waals surface area contributed by atoms with E-state index in [4.69, 9.17) is 4.74 Å². The van der Waals surface area contributed by atoms with Gasteiger partial charge in [-0.25, -0.2) is 13.4 Å². The maximum Gasteiger partial charge on any atom is 0.265 e. The van der Waals surface area contributed by atoms with Crippen LogP contribution in [0.2, 0.25) is 0 Å². The molecule has 0 fully saturated rings. The van der Waals surface area contributed by atoms with E-state index >= 15 is 0 Å². The Morgan fingerprint density at radius 3 is 2.70 bits per heavy atom. The highest BCUT2D eigenvalue weighted by molar-refractivity contribution is 7.89. The summed E-state index contributed by atoms with van der Waals surface area (Å²) in [6.45, 7) is 0.232. The van der Waals surface area contributed by atoms with E-state index in [0.717, 1.165) is 10.6 Å². The Balaban J connectivity index is 1.28. The third-order valence-electron chi connectivity index (χ3n) is 5.43. The number of anilines is 2. The van der Waals surface area contributed by atoms with Crippen molar-refractivity contribution in [2.45, 2.75) is 17.9 Å². The lowest BCUT2D eigenvalue weighted by Crippen LogP contribution is -2.43. The Kier molecular flexibility index (Phi) is 5.60. The second kappa shape index (κ2) is 8.58. The summed E-state index contributed by atoms with van der Waals surface area (Å²) in [5, 5.41) is 3.14. The Morgan fingerprint density at radius 2 is 1.88 bits per heavy atom. The lowest BCUT2D eigenvalue weighted by molar-refractivity contribution is -0.123. The summed E-state index contributed by atoms with van der Waals surface area (Å²) in [4.78, 5) is 31.9. The molecule has 11 heteroatoms. The zero-order valence-electron chi connectivity index (χ0n) is 17.4. The summed E-state index contributed by atoms with van der Waals surface area (Å²) in [5.41, 5.74) is 1.33. The van der Waals surface area contributed by atoms with E-state index in [0.29, 0.717) is 29.5 Å². The van der Waals surface area contributed by atoms with Crippen LogP contribution in [0.15, 0.2) is 59.5 Å². The number of hydrogen-bond donors (Lipinski definition) is 1. The number of carbonyl (C=O) groups is 2. The van der Waals surface area contributed by atoms with E-state index in [9.17, 15) is 18.0 Å². The molecule has 0 atom stereocenters. The molecule has 0 spiro atoms. The van der Waals surface area contributed by atoms with Crippen LogP contribution >= 0.6 is 11.3 Å². The fourth-order valence-corrected chi connectivity index (χ4v) is 6.35. The topological polar surface area (TPSA) is 109 Å². The Hall–Kier alpha value is -3.28. The van der Waals surface area contributed by atoms with Crippen molar-refractivity contribution in [2.75, 3.05) is 29.9 Å². The van der Waals surface area contributed by atoms with Gasteiger partial charge in [0.1, 0.15) is 12.3 Å². The molecule has 170 valence electrons. The quantitative estimate of drug-likeness (QED) is 0.595. The summed E-state index contributed by atoms with van der Waals surface area (Å²) < 4.78 is 32.7. The molecule has 1 N–H and O–H groups in total. The van der Waals surface area contributed by atoms with Gasteiger partial charge in [-0.2, -0.15) is 4.31 Å². The van der Waals surface area contributed by atoms with Gasteiger partial charge in [0.25, 0.3) is 5.91 Å². The lowest BCUT2D eigenvalue weighted by atomic mass is 10.2. The number of sulfonamides is 1. The predicted molar refractivity (Wildman–Crippen MR) is 123 cm³/mol.